The number of para-hydroxylation sites is 1. The Kier molecular flexibility index (Phi) is 5.26. The molecule has 0 saturated heterocycles. The van der Waals surface area contributed by atoms with Crippen LogP contribution >= 0.6 is 11.6 Å². The van der Waals surface area contributed by atoms with E-state index in [2.05, 4.69) is 30.3 Å². The first kappa shape index (κ1) is 13.9. The average molecular weight is 334 g/mol. The number of amidine groups is 1. The number of hydrogen-bond donors (Lipinski definition) is 0. The van der Waals surface area contributed by atoms with Gasteiger partial charge in [0.1, 0.15) is 0 Å². The fourth-order valence-corrected chi connectivity index (χ4v) is 2.04. The van der Waals surface area contributed by atoms with Crippen molar-refractivity contribution in [3.8, 4) is 0 Å². The summed E-state index contributed by atoms with van der Waals surface area (Å²) in [6.07, 6.45) is 0. The molecule has 0 fully saturated rings. The quantitative estimate of drug-likeness (QED) is 0.355. The summed E-state index contributed by atoms with van der Waals surface area (Å²) in [5, 5.41) is 0. The van der Waals surface area contributed by atoms with Crippen molar-refractivity contribution in [2.24, 2.45) is 9.98 Å². The van der Waals surface area contributed by atoms with E-state index in [0.717, 1.165) is 16.8 Å². The van der Waals surface area contributed by atoms with Crippen LogP contribution in [0.3, 0.4) is 0 Å². The van der Waals surface area contributed by atoms with Gasteiger partial charge in [0.25, 0.3) is 0 Å². The fraction of sp³-hybridized carbons (Fsp3) is 0.0667. The molecule has 94 valence electrons. The number of benzene rings is 2. The third kappa shape index (κ3) is 3.73. The number of aliphatic imine (C=N–C) groups is 2. The van der Waals surface area contributed by atoms with E-state index in [1.807, 2.05) is 54.6 Å². The van der Waals surface area contributed by atoms with Gasteiger partial charge in [-0.05, 0) is 0 Å². The molecule has 0 aliphatic heterocycles. The molecule has 19 heavy (non-hydrogen) atoms. The molecule has 0 atom stereocenters. The van der Waals surface area contributed by atoms with Gasteiger partial charge in [-0.2, -0.15) is 0 Å². The maximum absolute atomic E-state index is 5.92. The molecule has 2 nitrogen and oxygen atoms in total. The van der Waals surface area contributed by atoms with Gasteiger partial charge in [-0.3, -0.25) is 0 Å². The van der Waals surface area contributed by atoms with Crippen LogP contribution < -0.4 is 0 Å². The second kappa shape index (κ2) is 7.18. The van der Waals surface area contributed by atoms with E-state index in [1.54, 1.807) is 0 Å². The summed E-state index contributed by atoms with van der Waals surface area (Å²) in [6.45, 7) is 0. The van der Waals surface area contributed by atoms with Gasteiger partial charge in [-0.1, -0.05) is 0 Å². The molecule has 0 N–H and O–H groups in total. The van der Waals surface area contributed by atoms with E-state index < -0.39 is 0 Å². The summed E-state index contributed by atoms with van der Waals surface area (Å²) in [5.74, 6) is 1.03. The molecule has 2 rings (SSSR count). The second-order valence-electron chi connectivity index (χ2n) is 3.77. The Bertz CT molecular complexity index is 632. The molecule has 0 spiro atoms. The number of alkyl halides is 1. The van der Waals surface area contributed by atoms with Crippen LogP contribution in [0.15, 0.2) is 64.6 Å². The van der Waals surface area contributed by atoms with Crippen molar-refractivity contribution < 1.29 is 0 Å². The zero-order valence-corrected chi connectivity index (χ0v) is 12.6. The Labute approximate surface area is 125 Å². The van der Waals surface area contributed by atoms with Gasteiger partial charge in [0, 0.05) is 0 Å². The van der Waals surface area contributed by atoms with Crippen LogP contribution in [-0.2, 0) is 5.88 Å². The first-order valence-corrected chi connectivity index (χ1v) is 7.10. The van der Waals surface area contributed by atoms with E-state index in [-0.39, 0.29) is 0 Å². The molecule has 0 bridgehead atoms. The zero-order chi connectivity index (χ0) is 13.5. The molecular weight excluding hydrogens is 323 g/mol. The van der Waals surface area contributed by atoms with E-state index in [4.69, 9.17) is 11.6 Å². The van der Waals surface area contributed by atoms with Crippen molar-refractivity contribution in [1.29, 1.82) is 0 Å². The van der Waals surface area contributed by atoms with Crippen LogP contribution in [-0.4, -0.2) is 26.1 Å². The van der Waals surface area contributed by atoms with Crippen molar-refractivity contribution in [2.75, 3.05) is 0 Å². The minimum absolute atomic E-state index is 0.424. The summed E-state index contributed by atoms with van der Waals surface area (Å²) >= 11 is 8.55. The molecule has 0 saturated carbocycles. The SMILES string of the molecule is ClCc1ccccc1N=C(N=C=[Se])c1ccccc1. The summed E-state index contributed by atoms with van der Waals surface area (Å²) in [6, 6.07) is 17.5. The summed E-state index contributed by atoms with van der Waals surface area (Å²) < 4.78 is 2.66. The van der Waals surface area contributed by atoms with Crippen LogP contribution in [0.5, 0.6) is 0 Å². The number of nitrogens with zero attached hydrogens (tertiary/aromatic N) is 2. The predicted molar refractivity (Wildman–Crippen MR) is 81.8 cm³/mol. The molecular formula is C15H11ClN2Se. The van der Waals surface area contributed by atoms with Crippen LogP contribution in [0.2, 0.25) is 0 Å². The zero-order valence-electron chi connectivity index (χ0n) is 10.1. The second-order valence-corrected chi connectivity index (χ2v) is 4.42. The van der Waals surface area contributed by atoms with Gasteiger partial charge in [0.05, 0.1) is 0 Å². The normalized spacial score (nSPS) is 10.9. The molecule has 2 aromatic rings. The van der Waals surface area contributed by atoms with E-state index in [0.29, 0.717) is 11.7 Å². The van der Waals surface area contributed by atoms with Crippen molar-refractivity contribution in [1.82, 2.24) is 0 Å². The van der Waals surface area contributed by atoms with Crippen molar-refractivity contribution in [2.45, 2.75) is 5.88 Å². The van der Waals surface area contributed by atoms with E-state index in [9.17, 15) is 0 Å². The molecule has 0 heterocycles. The van der Waals surface area contributed by atoms with E-state index >= 15 is 0 Å². The predicted octanol–water partition coefficient (Wildman–Crippen LogP) is 3.58. The van der Waals surface area contributed by atoms with Crippen LogP contribution in [0.1, 0.15) is 11.1 Å². The molecule has 4 heteroatoms. The molecule has 0 unspecified atom stereocenters. The monoisotopic (exact) mass is 334 g/mol. The molecule has 0 amide bonds. The third-order valence-corrected chi connectivity index (χ3v) is 3.02. The maximum atomic E-state index is 5.92. The van der Waals surface area contributed by atoms with Gasteiger partial charge < -0.3 is 0 Å². The third-order valence-electron chi connectivity index (χ3n) is 2.55. The molecule has 0 radical (unpaired) electrons. The molecule has 0 aromatic heterocycles. The van der Waals surface area contributed by atoms with Crippen molar-refractivity contribution in [3.05, 3.63) is 65.7 Å². The Hall–Kier alpha value is -1.50. The van der Waals surface area contributed by atoms with Crippen LogP contribution in [0.25, 0.3) is 0 Å². The first-order valence-electron chi connectivity index (χ1n) is 5.71. The molecule has 0 aliphatic carbocycles. The summed E-state index contributed by atoms with van der Waals surface area (Å²) in [7, 11) is 0. The fourth-order valence-electron chi connectivity index (χ4n) is 1.63. The molecule has 0 aliphatic rings. The summed E-state index contributed by atoms with van der Waals surface area (Å²) in [4.78, 5) is 8.74. The number of halogens is 1. The van der Waals surface area contributed by atoms with Crippen LogP contribution in [0, 0.1) is 0 Å². The van der Waals surface area contributed by atoms with Gasteiger partial charge in [-0.25, -0.2) is 0 Å². The van der Waals surface area contributed by atoms with Gasteiger partial charge in [-0.15, -0.1) is 0 Å². The topological polar surface area (TPSA) is 24.7 Å². The Morgan fingerprint density at radius 1 is 1.05 bits per heavy atom. The summed E-state index contributed by atoms with van der Waals surface area (Å²) in [5.41, 5.74) is 2.75. The Balaban J connectivity index is 2.50. The van der Waals surface area contributed by atoms with Crippen molar-refractivity contribution >= 4 is 43.4 Å². The Morgan fingerprint density at radius 3 is 2.42 bits per heavy atom. The van der Waals surface area contributed by atoms with E-state index in [1.165, 1.54) is 0 Å². The van der Waals surface area contributed by atoms with Crippen molar-refractivity contribution in [3.63, 3.8) is 0 Å². The Morgan fingerprint density at radius 2 is 1.74 bits per heavy atom. The molecule has 2 aromatic carbocycles. The standard InChI is InChI=1S/C15H11ClN2Se/c16-10-13-8-4-5-9-14(13)18-15(17-11-19)12-6-2-1-3-7-12/h1-9H,10H2. The van der Waals surface area contributed by atoms with Gasteiger partial charge in [0.2, 0.25) is 0 Å². The van der Waals surface area contributed by atoms with Crippen LogP contribution in [0.4, 0.5) is 5.69 Å². The minimum atomic E-state index is 0.424. The van der Waals surface area contributed by atoms with Gasteiger partial charge in [0.15, 0.2) is 0 Å². The number of rotatable bonds is 3. The average Bonchev–Trinajstić information content (AvgIpc) is 2.48. The van der Waals surface area contributed by atoms with Gasteiger partial charge >= 0.3 is 125 Å². The number of hydrogen-bond acceptors (Lipinski definition) is 1. The first-order chi connectivity index (χ1) is 9.35.